The maximum Gasteiger partial charge on any atom is 0.341 e. The van der Waals surface area contributed by atoms with E-state index in [0.717, 1.165) is 19.3 Å². The summed E-state index contributed by atoms with van der Waals surface area (Å²) in [6.07, 6.45) is 11.9. The molecule has 0 saturated heterocycles. The molecule has 1 atom stereocenters. The smallest absolute Gasteiger partial charge is 0.341 e. The number of rotatable bonds is 15. The van der Waals surface area contributed by atoms with Crippen LogP contribution < -0.4 is 4.74 Å². The summed E-state index contributed by atoms with van der Waals surface area (Å²) in [5.74, 6) is 0.835. The van der Waals surface area contributed by atoms with E-state index < -0.39 is 0 Å². The summed E-state index contributed by atoms with van der Waals surface area (Å²) < 4.78 is 11.4. The molecule has 1 aromatic carbocycles. The molecular formula is C23H38O3. The van der Waals surface area contributed by atoms with Crippen molar-refractivity contribution >= 4 is 5.97 Å². The molecule has 0 bridgehead atoms. The van der Waals surface area contributed by atoms with E-state index in [1.165, 1.54) is 44.9 Å². The lowest BCUT2D eigenvalue weighted by Crippen LogP contribution is -2.15. The summed E-state index contributed by atoms with van der Waals surface area (Å²) in [4.78, 5) is 12.5. The molecule has 0 spiro atoms. The van der Waals surface area contributed by atoms with E-state index in [4.69, 9.17) is 9.47 Å². The molecular weight excluding hydrogens is 324 g/mol. The van der Waals surface area contributed by atoms with Crippen LogP contribution in [0.25, 0.3) is 0 Å². The van der Waals surface area contributed by atoms with E-state index >= 15 is 0 Å². The van der Waals surface area contributed by atoms with Gasteiger partial charge in [-0.05, 0) is 30.9 Å². The van der Waals surface area contributed by atoms with E-state index in [-0.39, 0.29) is 5.97 Å². The van der Waals surface area contributed by atoms with Crippen molar-refractivity contribution in [2.75, 3.05) is 13.2 Å². The van der Waals surface area contributed by atoms with Crippen LogP contribution in [0.15, 0.2) is 24.3 Å². The van der Waals surface area contributed by atoms with E-state index in [2.05, 4.69) is 20.8 Å². The van der Waals surface area contributed by atoms with Crippen molar-refractivity contribution in [1.82, 2.24) is 0 Å². The van der Waals surface area contributed by atoms with Gasteiger partial charge in [-0.1, -0.05) is 84.3 Å². The van der Waals surface area contributed by atoms with E-state index in [9.17, 15) is 4.79 Å². The zero-order valence-corrected chi connectivity index (χ0v) is 17.1. The first kappa shape index (κ1) is 22.5. The Morgan fingerprint density at radius 2 is 1.62 bits per heavy atom. The fourth-order valence-corrected chi connectivity index (χ4v) is 3.00. The lowest BCUT2D eigenvalue weighted by Gasteiger charge is -2.16. The molecule has 0 N–H and O–H groups in total. The highest BCUT2D eigenvalue weighted by atomic mass is 16.5. The Morgan fingerprint density at radius 1 is 0.923 bits per heavy atom. The molecule has 26 heavy (non-hydrogen) atoms. The van der Waals surface area contributed by atoms with Crippen molar-refractivity contribution in [3.05, 3.63) is 29.8 Å². The maximum absolute atomic E-state index is 12.5. The van der Waals surface area contributed by atoms with E-state index in [0.29, 0.717) is 30.4 Å². The summed E-state index contributed by atoms with van der Waals surface area (Å²) in [5, 5.41) is 0. The van der Waals surface area contributed by atoms with Gasteiger partial charge in [0.25, 0.3) is 0 Å². The van der Waals surface area contributed by atoms with E-state index in [1.54, 1.807) is 6.07 Å². The van der Waals surface area contributed by atoms with Crippen LogP contribution in [-0.2, 0) is 4.74 Å². The molecule has 1 unspecified atom stereocenters. The molecule has 0 amide bonds. The zero-order chi connectivity index (χ0) is 19.0. The first-order chi connectivity index (χ1) is 12.7. The van der Waals surface area contributed by atoms with Crippen LogP contribution in [-0.4, -0.2) is 19.2 Å². The molecule has 3 heteroatoms. The van der Waals surface area contributed by atoms with Gasteiger partial charge in [-0.15, -0.1) is 0 Å². The first-order valence-electron chi connectivity index (χ1n) is 10.6. The Hall–Kier alpha value is -1.51. The molecule has 1 rings (SSSR count). The summed E-state index contributed by atoms with van der Waals surface area (Å²) in [5.41, 5.74) is 0.545. The standard InChI is InChI=1S/C23H38O3/c1-4-7-9-10-11-14-18-25-22-17-13-12-16-21(22)23(24)26-19-20(6-3)15-8-5-2/h12-13,16-17,20H,4-11,14-15,18-19H2,1-3H3. The average Bonchev–Trinajstić information content (AvgIpc) is 2.67. The van der Waals surface area contributed by atoms with Crippen molar-refractivity contribution in [2.24, 2.45) is 5.92 Å². The fourth-order valence-electron chi connectivity index (χ4n) is 3.00. The predicted molar refractivity (Wildman–Crippen MR) is 109 cm³/mol. The topological polar surface area (TPSA) is 35.5 Å². The molecule has 0 aliphatic carbocycles. The second-order valence-corrected chi connectivity index (χ2v) is 7.13. The first-order valence-corrected chi connectivity index (χ1v) is 10.6. The Kier molecular flexibility index (Phi) is 12.7. The van der Waals surface area contributed by atoms with Crippen LogP contribution in [0.5, 0.6) is 5.75 Å². The second-order valence-electron chi connectivity index (χ2n) is 7.13. The largest absolute Gasteiger partial charge is 0.493 e. The van der Waals surface area contributed by atoms with E-state index in [1.807, 2.05) is 18.2 Å². The van der Waals surface area contributed by atoms with Gasteiger partial charge in [-0.3, -0.25) is 0 Å². The molecule has 0 fully saturated rings. The van der Waals surface area contributed by atoms with Gasteiger partial charge in [0.05, 0.1) is 13.2 Å². The van der Waals surface area contributed by atoms with Crippen molar-refractivity contribution in [3.8, 4) is 5.75 Å². The zero-order valence-electron chi connectivity index (χ0n) is 17.1. The number of esters is 1. The van der Waals surface area contributed by atoms with Crippen LogP contribution in [0.3, 0.4) is 0 Å². The summed E-state index contributed by atoms with van der Waals surface area (Å²) in [6, 6.07) is 7.43. The number of benzene rings is 1. The summed E-state index contributed by atoms with van der Waals surface area (Å²) >= 11 is 0. The predicted octanol–water partition coefficient (Wildman–Crippen LogP) is 6.80. The quantitative estimate of drug-likeness (QED) is 0.254. The van der Waals surface area contributed by atoms with Crippen LogP contribution in [0.4, 0.5) is 0 Å². The maximum atomic E-state index is 12.5. The average molecular weight is 363 g/mol. The minimum Gasteiger partial charge on any atom is -0.493 e. The molecule has 0 saturated carbocycles. The van der Waals surface area contributed by atoms with Crippen molar-refractivity contribution in [3.63, 3.8) is 0 Å². The third-order valence-corrected chi connectivity index (χ3v) is 4.86. The molecule has 0 aliphatic rings. The highest BCUT2D eigenvalue weighted by molar-refractivity contribution is 5.92. The minimum atomic E-state index is -0.265. The SMILES string of the molecule is CCCCCCCCOc1ccccc1C(=O)OCC(CC)CCCC. The van der Waals surface area contributed by atoms with Crippen LogP contribution in [0.2, 0.25) is 0 Å². The molecule has 1 aromatic rings. The number of carbonyl (C=O) groups excluding carboxylic acids is 1. The lowest BCUT2D eigenvalue weighted by molar-refractivity contribution is 0.0423. The third-order valence-electron chi connectivity index (χ3n) is 4.86. The number of carbonyl (C=O) groups is 1. The monoisotopic (exact) mass is 362 g/mol. The molecule has 3 nitrogen and oxygen atoms in total. The van der Waals surface area contributed by atoms with Gasteiger partial charge in [0.1, 0.15) is 11.3 Å². The Labute approximate surface area is 160 Å². The van der Waals surface area contributed by atoms with Crippen molar-refractivity contribution in [2.45, 2.75) is 85.0 Å². The number of para-hydroxylation sites is 1. The van der Waals surface area contributed by atoms with Crippen LogP contribution in [0.1, 0.15) is 95.3 Å². The highest BCUT2D eigenvalue weighted by Gasteiger charge is 2.16. The minimum absolute atomic E-state index is 0.265. The van der Waals surface area contributed by atoms with Gasteiger partial charge < -0.3 is 9.47 Å². The van der Waals surface area contributed by atoms with Gasteiger partial charge in [0, 0.05) is 0 Å². The molecule has 0 heterocycles. The van der Waals surface area contributed by atoms with Gasteiger partial charge in [-0.2, -0.15) is 0 Å². The lowest BCUT2D eigenvalue weighted by atomic mass is 10.0. The molecule has 0 radical (unpaired) electrons. The number of hydrogen-bond acceptors (Lipinski definition) is 3. The van der Waals surface area contributed by atoms with Crippen molar-refractivity contribution < 1.29 is 14.3 Å². The molecule has 148 valence electrons. The second kappa shape index (κ2) is 14.6. The van der Waals surface area contributed by atoms with Gasteiger partial charge in [-0.25, -0.2) is 4.79 Å². The number of ether oxygens (including phenoxy) is 2. The highest BCUT2D eigenvalue weighted by Crippen LogP contribution is 2.21. The van der Waals surface area contributed by atoms with Crippen LogP contribution in [0, 0.1) is 5.92 Å². The Morgan fingerprint density at radius 3 is 2.35 bits per heavy atom. The number of unbranched alkanes of at least 4 members (excludes halogenated alkanes) is 6. The summed E-state index contributed by atoms with van der Waals surface area (Å²) in [6.45, 7) is 7.74. The van der Waals surface area contributed by atoms with Gasteiger partial charge in [0.15, 0.2) is 0 Å². The Bertz CT molecular complexity index is 484. The normalized spacial score (nSPS) is 12.0. The summed E-state index contributed by atoms with van der Waals surface area (Å²) in [7, 11) is 0. The van der Waals surface area contributed by atoms with Crippen molar-refractivity contribution in [1.29, 1.82) is 0 Å². The molecule has 0 aliphatic heterocycles. The molecule has 0 aromatic heterocycles. The van der Waals surface area contributed by atoms with Gasteiger partial charge >= 0.3 is 5.97 Å². The number of hydrogen-bond donors (Lipinski definition) is 0. The third kappa shape index (κ3) is 9.26. The fraction of sp³-hybridized carbons (Fsp3) is 0.696. The van der Waals surface area contributed by atoms with Crippen LogP contribution >= 0.6 is 0 Å². The van der Waals surface area contributed by atoms with Gasteiger partial charge in [0.2, 0.25) is 0 Å². The Balaban J connectivity index is 2.42.